The van der Waals surface area contributed by atoms with Crippen LogP contribution in [0.5, 0.6) is 0 Å². The highest BCUT2D eigenvalue weighted by molar-refractivity contribution is 6.65. The van der Waals surface area contributed by atoms with Crippen molar-refractivity contribution >= 4 is 8.56 Å². The number of ether oxygens (including phenoxy) is 2. The van der Waals surface area contributed by atoms with Gasteiger partial charge in [0.25, 0.3) is 0 Å². The van der Waals surface area contributed by atoms with Crippen molar-refractivity contribution < 1.29 is 18.3 Å². The zero-order valence-corrected chi connectivity index (χ0v) is 13.4. The minimum absolute atomic E-state index is 0.184. The summed E-state index contributed by atoms with van der Waals surface area (Å²) in [5.74, 6) is 0. The summed E-state index contributed by atoms with van der Waals surface area (Å²) in [6.07, 6.45) is 1.63. The van der Waals surface area contributed by atoms with Gasteiger partial charge in [-0.3, -0.25) is 0 Å². The highest BCUT2D eigenvalue weighted by Crippen LogP contribution is 2.19. The van der Waals surface area contributed by atoms with E-state index < -0.39 is 8.56 Å². The maximum Gasteiger partial charge on any atom is 0.334 e. The summed E-state index contributed by atoms with van der Waals surface area (Å²) in [6.45, 7) is 12.8. The standard InChI is InChI=1S/C13H28O4Si/c1-6-16-18(5,7-2)17-12(4)8-11(3)14-9-13-10-15-13/h11-13H,6-10H2,1-5H3. The second-order valence-corrected chi connectivity index (χ2v) is 8.68. The molecule has 1 rings (SSSR count). The van der Waals surface area contributed by atoms with E-state index in [9.17, 15) is 0 Å². The second-order valence-electron chi connectivity index (χ2n) is 5.18. The monoisotopic (exact) mass is 276 g/mol. The lowest BCUT2D eigenvalue weighted by atomic mass is 10.2. The highest BCUT2D eigenvalue weighted by atomic mass is 28.4. The molecule has 4 nitrogen and oxygen atoms in total. The van der Waals surface area contributed by atoms with Gasteiger partial charge in [0.15, 0.2) is 0 Å². The third-order valence-corrected chi connectivity index (χ3v) is 6.26. The van der Waals surface area contributed by atoms with Crippen LogP contribution in [0, 0.1) is 0 Å². The van der Waals surface area contributed by atoms with Crippen LogP contribution in [-0.2, 0) is 18.3 Å². The first-order valence-corrected chi connectivity index (χ1v) is 9.56. The third-order valence-electron chi connectivity index (χ3n) is 3.18. The molecule has 1 aliphatic rings. The fraction of sp³-hybridized carbons (Fsp3) is 1.00. The van der Waals surface area contributed by atoms with E-state index in [1.165, 1.54) is 0 Å². The fourth-order valence-electron chi connectivity index (χ4n) is 1.97. The lowest BCUT2D eigenvalue weighted by molar-refractivity contribution is 0.0181. The minimum atomic E-state index is -1.97. The summed E-state index contributed by atoms with van der Waals surface area (Å²) in [5, 5.41) is 0. The van der Waals surface area contributed by atoms with Gasteiger partial charge < -0.3 is 18.3 Å². The van der Waals surface area contributed by atoms with E-state index in [0.717, 1.165) is 25.7 Å². The summed E-state index contributed by atoms with van der Waals surface area (Å²) < 4.78 is 22.8. The molecule has 18 heavy (non-hydrogen) atoms. The molecule has 0 saturated carbocycles. The molecule has 0 aromatic rings. The van der Waals surface area contributed by atoms with Crippen LogP contribution >= 0.6 is 0 Å². The molecule has 0 radical (unpaired) electrons. The Morgan fingerprint density at radius 3 is 2.44 bits per heavy atom. The Bertz CT molecular complexity index is 235. The van der Waals surface area contributed by atoms with Crippen LogP contribution in [0.15, 0.2) is 0 Å². The van der Waals surface area contributed by atoms with Crippen LogP contribution < -0.4 is 0 Å². The lowest BCUT2D eigenvalue weighted by Crippen LogP contribution is -2.41. The van der Waals surface area contributed by atoms with Crippen LogP contribution in [0.2, 0.25) is 12.6 Å². The Morgan fingerprint density at radius 2 is 1.94 bits per heavy atom. The number of rotatable bonds is 10. The maximum absolute atomic E-state index is 6.13. The quantitative estimate of drug-likeness (QED) is 0.454. The van der Waals surface area contributed by atoms with E-state index in [1.807, 2.05) is 6.92 Å². The third kappa shape index (κ3) is 6.29. The van der Waals surface area contributed by atoms with Crippen molar-refractivity contribution in [2.24, 2.45) is 0 Å². The van der Waals surface area contributed by atoms with Gasteiger partial charge in [-0.1, -0.05) is 6.92 Å². The molecule has 1 heterocycles. The van der Waals surface area contributed by atoms with Gasteiger partial charge in [-0.15, -0.1) is 0 Å². The zero-order chi connectivity index (χ0) is 13.6. The van der Waals surface area contributed by atoms with Crippen molar-refractivity contribution in [1.82, 2.24) is 0 Å². The molecule has 4 atom stereocenters. The van der Waals surface area contributed by atoms with E-state index >= 15 is 0 Å². The topological polar surface area (TPSA) is 40.2 Å². The van der Waals surface area contributed by atoms with Gasteiger partial charge in [0.1, 0.15) is 6.10 Å². The lowest BCUT2D eigenvalue weighted by Gasteiger charge is -2.30. The largest absolute Gasteiger partial charge is 0.395 e. The minimum Gasteiger partial charge on any atom is -0.395 e. The smallest absolute Gasteiger partial charge is 0.334 e. The van der Waals surface area contributed by atoms with E-state index in [1.54, 1.807) is 0 Å². The van der Waals surface area contributed by atoms with Crippen LogP contribution in [-0.4, -0.2) is 46.7 Å². The van der Waals surface area contributed by atoms with Gasteiger partial charge >= 0.3 is 8.56 Å². The van der Waals surface area contributed by atoms with Gasteiger partial charge in [-0.05, 0) is 39.8 Å². The summed E-state index contributed by atoms with van der Waals surface area (Å²) >= 11 is 0. The maximum atomic E-state index is 6.13. The molecule has 108 valence electrons. The Kier molecular flexibility index (Phi) is 6.80. The van der Waals surface area contributed by atoms with Crippen LogP contribution in [0.3, 0.4) is 0 Å². The highest BCUT2D eigenvalue weighted by Gasteiger charge is 2.31. The fourth-order valence-corrected chi connectivity index (χ4v) is 3.97. The Hall–Kier alpha value is 0.0569. The van der Waals surface area contributed by atoms with Gasteiger partial charge in [0.05, 0.1) is 19.3 Å². The molecule has 0 aromatic carbocycles. The molecular weight excluding hydrogens is 248 g/mol. The average molecular weight is 276 g/mol. The van der Waals surface area contributed by atoms with Crippen LogP contribution in [0.4, 0.5) is 0 Å². The molecule has 5 heteroatoms. The molecule has 0 aliphatic carbocycles. The molecule has 0 spiro atoms. The number of hydrogen-bond donors (Lipinski definition) is 0. The van der Waals surface area contributed by atoms with E-state index in [2.05, 4.69) is 27.3 Å². The molecule has 0 N–H and O–H groups in total. The molecule has 1 saturated heterocycles. The van der Waals surface area contributed by atoms with Crippen molar-refractivity contribution in [2.45, 2.75) is 65.0 Å². The average Bonchev–Trinajstić information content (AvgIpc) is 3.10. The van der Waals surface area contributed by atoms with Gasteiger partial charge in [-0.2, -0.15) is 0 Å². The Labute approximate surface area is 112 Å². The van der Waals surface area contributed by atoms with Crippen molar-refractivity contribution in [3.63, 3.8) is 0 Å². The van der Waals surface area contributed by atoms with Crippen molar-refractivity contribution in [2.75, 3.05) is 19.8 Å². The molecule has 1 fully saturated rings. The Morgan fingerprint density at radius 1 is 1.28 bits per heavy atom. The SMILES string of the molecule is CCO[Si](C)(CC)OC(C)CC(C)OCC1CO1. The van der Waals surface area contributed by atoms with Crippen LogP contribution in [0.25, 0.3) is 0 Å². The predicted molar refractivity (Wildman–Crippen MR) is 74.0 cm³/mol. The first kappa shape index (κ1) is 16.1. The molecular formula is C13H28O4Si. The van der Waals surface area contributed by atoms with Crippen molar-refractivity contribution in [3.05, 3.63) is 0 Å². The molecule has 0 bridgehead atoms. The van der Waals surface area contributed by atoms with Crippen molar-refractivity contribution in [1.29, 1.82) is 0 Å². The summed E-state index contributed by atoms with van der Waals surface area (Å²) in [7, 11) is -1.97. The van der Waals surface area contributed by atoms with Crippen molar-refractivity contribution in [3.8, 4) is 0 Å². The van der Waals surface area contributed by atoms with Crippen LogP contribution in [0.1, 0.15) is 34.1 Å². The van der Waals surface area contributed by atoms with Gasteiger partial charge in [0.2, 0.25) is 0 Å². The Balaban J connectivity index is 2.22. The van der Waals surface area contributed by atoms with Gasteiger partial charge in [0, 0.05) is 12.7 Å². The molecule has 0 amide bonds. The second kappa shape index (κ2) is 7.60. The molecule has 1 aliphatic heterocycles. The normalized spacial score (nSPS) is 25.5. The summed E-state index contributed by atoms with van der Waals surface area (Å²) in [4.78, 5) is 0. The van der Waals surface area contributed by atoms with E-state index in [0.29, 0.717) is 12.7 Å². The van der Waals surface area contributed by atoms with E-state index in [-0.39, 0.29) is 12.2 Å². The van der Waals surface area contributed by atoms with E-state index in [4.69, 9.17) is 18.3 Å². The summed E-state index contributed by atoms with van der Waals surface area (Å²) in [6, 6.07) is 0.982. The molecule has 0 aromatic heterocycles. The first-order valence-electron chi connectivity index (χ1n) is 7.04. The van der Waals surface area contributed by atoms with Gasteiger partial charge in [-0.25, -0.2) is 0 Å². The first-order chi connectivity index (χ1) is 8.49. The number of hydrogen-bond acceptors (Lipinski definition) is 4. The number of epoxide rings is 1. The zero-order valence-electron chi connectivity index (χ0n) is 12.4. The summed E-state index contributed by atoms with van der Waals surface area (Å²) in [5.41, 5.74) is 0. The molecule has 4 unspecified atom stereocenters. The predicted octanol–water partition coefficient (Wildman–Crippen LogP) is 2.71.